The molecule has 3 heterocycles. The lowest BCUT2D eigenvalue weighted by Crippen LogP contribution is -2.37. The minimum absolute atomic E-state index is 0.0327. The predicted molar refractivity (Wildman–Crippen MR) is 104 cm³/mol. The second kappa shape index (κ2) is 7.39. The molecule has 156 valence electrons. The van der Waals surface area contributed by atoms with Gasteiger partial charge in [0.25, 0.3) is 0 Å². The normalized spacial score (nSPS) is 13.0. The molecule has 0 aliphatic heterocycles. The van der Waals surface area contributed by atoms with Crippen LogP contribution in [0.5, 0.6) is 0 Å². The maximum absolute atomic E-state index is 14.5. The van der Waals surface area contributed by atoms with Gasteiger partial charge in [-0.05, 0) is 11.5 Å². The SMILES string of the molecule is CC(C)(C)C(Cc1nn[nH]n1)Nc1nc(-c2c[nH]c3c(F)cc(F)cc23)ncc1F. The van der Waals surface area contributed by atoms with E-state index in [1.807, 2.05) is 20.8 Å². The molecule has 0 bridgehead atoms. The van der Waals surface area contributed by atoms with Crippen LogP contribution in [0.1, 0.15) is 26.6 Å². The summed E-state index contributed by atoms with van der Waals surface area (Å²) in [6.07, 6.45) is 2.86. The first-order chi connectivity index (χ1) is 14.2. The van der Waals surface area contributed by atoms with Crippen molar-refractivity contribution in [2.24, 2.45) is 5.41 Å². The molecule has 0 saturated heterocycles. The van der Waals surface area contributed by atoms with Crippen LogP contribution in [0.2, 0.25) is 0 Å². The summed E-state index contributed by atoms with van der Waals surface area (Å²) in [7, 11) is 0. The smallest absolute Gasteiger partial charge is 0.183 e. The molecule has 1 atom stereocenters. The lowest BCUT2D eigenvalue weighted by atomic mass is 9.84. The number of hydrogen-bond acceptors (Lipinski definition) is 6. The number of H-pyrrole nitrogens is 2. The van der Waals surface area contributed by atoms with E-state index in [9.17, 15) is 13.2 Å². The molecule has 3 aromatic heterocycles. The van der Waals surface area contributed by atoms with Crippen molar-refractivity contribution >= 4 is 16.7 Å². The van der Waals surface area contributed by atoms with Crippen LogP contribution in [0.25, 0.3) is 22.3 Å². The summed E-state index contributed by atoms with van der Waals surface area (Å²) in [5, 5.41) is 17.2. The quantitative estimate of drug-likeness (QED) is 0.459. The molecule has 0 spiro atoms. The highest BCUT2D eigenvalue weighted by Gasteiger charge is 2.28. The number of halogens is 3. The van der Waals surface area contributed by atoms with Crippen molar-refractivity contribution in [3.63, 3.8) is 0 Å². The number of hydrogen-bond donors (Lipinski definition) is 3. The first-order valence-corrected chi connectivity index (χ1v) is 9.20. The lowest BCUT2D eigenvalue weighted by Gasteiger charge is -2.31. The standard InChI is InChI=1S/C19H19F3N8/c1-19(2,3)14(6-15-27-29-30-28-15)25-18-13(22)8-24-17(26-18)11-7-23-16-10(11)4-9(20)5-12(16)21/h4-5,7-8,14,23H,6H2,1-3H3,(H,24,25,26)(H,27,28,29,30). The molecule has 0 aliphatic rings. The van der Waals surface area contributed by atoms with Crippen LogP contribution < -0.4 is 5.32 Å². The summed E-state index contributed by atoms with van der Waals surface area (Å²) in [4.78, 5) is 11.0. The number of tetrazole rings is 1. The summed E-state index contributed by atoms with van der Waals surface area (Å²) in [5.41, 5.74) is 0.182. The number of rotatable bonds is 5. The molecule has 4 rings (SSSR count). The fraction of sp³-hybridized carbons (Fsp3) is 0.316. The number of nitrogens with one attached hydrogen (secondary N) is 3. The van der Waals surface area contributed by atoms with Crippen LogP contribution in [0, 0.1) is 22.9 Å². The van der Waals surface area contributed by atoms with Crippen molar-refractivity contribution in [1.29, 1.82) is 0 Å². The monoisotopic (exact) mass is 416 g/mol. The van der Waals surface area contributed by atoms with Crippen molar-refractivity contribution in [2.75, 3.05) is 5.32 Å². The molecule has 30 heavy (non-hydrogen) atoms. The number of anilines is 1. The van der Waals surface area contributed by atoms with Crippen molar-refractivity contribution in [2.45, 2.75) is 33.2 Å². The van der Waals surface area contributed by atoms with E-state index in [-0.39, 0.29) is 34.0 Å². The Labute approximate surface area is 169 Å². The molecular weight excluding hydrogens is 397 g/mol. The van der Waals surface area contributed by atoms with Gasteiger partial charge in [0.2, 0.25) is 0 Å². The van der Waals surface area contributed by atoms with Gasteiger partial charge in [0, 0.05) is 35.7 Å². The largest absolute Gasteiger partial charge is 0.364 e. The second-order valence-electron chi connectivity index (χ2n) is 8.00. The van der Waals surface area contributed by atoms with Crippen molar-refractivity contribution in [3.05, 3.63) is 47.8 Å². The molecule has 3 N–H and O–H groups in total. The molecule has 11 heteroatoms. The third-order valence-corrected chi connectivity index (χ3v) is 4.82. The fourth-order valence-corrected chi connectivity index (χ4v) is 3.13. The van der Waals surface area contributed by atoms with Crippen LogP contribution in [0.3, 0.4) is 0 Å². The maximum Gasteiger partial charge on any atom is 0.183 e. The van der Waals surface area contributed by atoms with E-state index in [1.54, 1.807) is 0 Å². The summed E-state index contributed by atoms with van der Waals surface area (Å²) in [5.74, 6) is -1.55. The molecule has 4 aromatic rings. The Morgan fingerprint density at radius 1 is 1.13 bits per heavy atom. The molecule has 0 radical (unpaired) electrons. The Morgan fingerprint density at radius 2 is 1.93 bits per heavy atom. The Balaban J connectivity index is 1.71. The van der Waals surface area contributed by atoms with Crippen molar-refractivity contribution in [3.8, 4) is 11.4 Å². The van der Waals surface area contributed by atoms with Crippen LogP contribution >= 0.6 is 0 Å². The van der Waals surface area contributed by atoms with E-state index in [1.165, 1.54) is 12.3 Å². The van der Waals surface area contributed by atoms with E-state index in [0.29, 0.717) is 17.8 Å². The van der Waals surface area contributed by atoms with Crippen LogP contribution in [0.15, 0.2) is 24.5 Å². The second-order valence-corrected chi connectivity index (χ2v) is 8.00. The Bertz CT molecular complexity index is 1180. The van der Waals surface area contributed by atoms with Crippen molar-refractivity contribution in [1.82, 2.24) is 35.6 Å². The summed E-state index contributed by atoms with van der Waals surface area (Å²) in [6, 6.07) is 1.68. The topological polar surface area (TPSA) is 108 Å². The minimum Gasteiger partial charge on any atom is -0.364 e. The predicted octanol–water partition coefficient (Wildman–Crippen LogP) is 3.62. The third-order valence-electron chi connectivity index (χ3n) is 4.82. The van der Waals surface area contributed by atoms with E-state index < -0.39 is 17.5 Å². The zero-order valence-electron chi connectivity index (χ0n) is 16.5. The van der Waals surface area contributed by atoms with Crippen LogP contribution in [0.4, 0.5) is 19.0 Å². The fourth-order valence-electron chi connectivity index (χ4n) is 3.13. The first-order valence-electron chi connectivity index (χ1n) is 9.20. The zero-order valence-corrected chi connectivity index (χ0v) is 16.5. The highest BCUT2D eigenvalue weighted by molar-refractivity contribution is 5.94. The Hall–Kier alpha value is -3.50. The molecule has 0 fully saturated rings. The molecule has 0 aliphatic carbocycles. The van der Waals surface area contributed by atoms with E-state index in [4.69, 9.17) is 0 Å². The van der Waals surface area contributed by atoms with Crippen LogP contribution in [-0.2, 0) is 6.42 Å². The van der Waals surface area contributed by atoms with Gasteiger partial charge < -0.3 is 10.3 Å². The Morgan fingerprint density at radius 3 is 2.63 bits per heavy atom. The van der Waals surface area contributed by atoms with E-state index in [2.05, 4.69) is 40.9 Å². The van der Waals surface area contributed by atoms with Gasteiger partial charge in [0.1, 0.15) is 11.6 Å². The molecule has 1 aromatic carbocycles. The third kappa shape index (κ3) is 3.82. The number of fused-ring (bicyclic) bond motifs is 1. The lowest BCUT2D eigenvalue weighted by molar-refractivity contribution is 0.333. The van der Waals surface area contributed by atoms with Gasteiger partial charge >= 0.3 is 0 Å². The number of aromatic amines is 2. The Kier molecular flexibility index (Phi) is 4.88. The van der Waals surface area contributed by atoms with E-state index in [0.717, 1.165) is 12.3 Å². The number of benzene rings is 1. The number of aromatic nitrogens is 7. The molecule has 1 unspecified atom stereocenters. The summed E-state index contributed by atoms with van der Waals surface area (Å²) >= 11 is 0. The van der Waals surface area contributed by atoms with Gasteiger partial charge in [-0.2, -0.15) is 5.21 Å². The van der Waals surface area contributed by atoms with Gasteiger partial charge in [0.15, 0.2) is 23.3 Å². The average Bonchev–Trinajstić information content (AvgIpc) is 3.32. The highest BCUT2D eigenvalue weighted by atomic mass is 19.1. The average molecular weight is 416 g/mol. The van der Waals surface area contributed by atoms with Crippen molar-refractivity contribution < 1.29 is 13.2 Å². The highest BCUT2D eigenvalue weighted by Crippen LogP contribution is 2.31. The van der Waals surface area contributed by atoms with Crippen LogP contribution in [-0.4, -0.2) is 41.6 Å². The van der Waals surface area contributed by atoms with Gasteiger partial charge in [-0.25, -0.2) is 23.1 Å². The molecule has 8 nitrogen and oxygen atoms in total. The summed E-state index contributed by atoms with van der Waals surface area (Å²) < 4.78 is 42.2. The first kappa shape index (κ1) is 19.8. The molecule has 0 saturated carbocycles. The summed E-state index contributed by atoms with van der Waals surface area (Å²) in [6.45, 7) is 5.95. The molecule has 0 amide bonds. The van der Waals surface area contributed by atoms with Gasteiger partial charge in [-0.15, -0.1) is 10.2 Å². The van der Waals surface area contributed by atoms with Gasteiger partial charge in [-0.3, -0.25) is 0 Å². The zero-order chi connectivity index (χ0) is 21.5. The minimum atomic E-state index is -0.732. The maximum atomic E-state index is 14.5. The number of nitrogens with zero attached hydrogens (tertiary/aromatic N) is 5. The molecular formula is C19H19F3N8. The van der Waals surface area contributed by atoms with Gasteiger partial charge in [0.05, 0.1) is 11.7 Å². The van der Waals surface area contributed by atoms with E-state index >= 15 is 0 Å². The van der Waals surface area contributed by atoms with Gasteiger partial charge in [-0.1, -0.05) is 26.0 Å².